The van der Waals surface area contributed by atoms with Gasteiger partial charge in [0.1, 0.15) is 17.5 Å². The molecule has 5 rings (SSSR count). The third-order valence-electron chi connectivity index (χ3n) is 5.99. The van der Waals surface area contributed by atoms with E-state index < -0.39 is 0 Å². The van der Waals surface area contributed by atoms with Gasteiger partial charge in [-0.05, 0) is 25.8 Å². The molecule has 30 heavy (non-hydrogen) atoms. The highest BCUT2D eigenvalue weighted by Gasteiger charge is 2.32. The van der Waals surface area contributed by atoms with Gasteiger partial charge >= 0.3 is 0 Å². The topological polar surface area (TPSA) is 104 Å². The Morgan fingerprint density at radius 1 is 0.967 bits per heavy atom. The summed E-state index contributed by atoms with van der Waals surface area (Å²) in [6.45, 7) is 6.42. The second kappa shape index (κ2) is 7.85. The molecule has 0 saturated carbocycles. The summed E-state index contributed by atoms with van der Waals surface area (Å²) < 4.78 is 5.26. The van der Waals surface area contributed by atoms with Crippen LogP contribution in [0.5, 0.6) is 0 Å². The number of carbonyl (C=O) groups is 1. The molecule has 0 radical (unpaired) electrons. The molecule has 0 spiro atoms. The van der Waals surface area contributed by atoms with Gasteiger partial charge in [-0.1, -0.05) is 5.16 Å². The van der Waals surface area contributed by atoms with E-state index in [0.717, 1.165) is 61.9 Å². The number of piperazine rings is 1. The Bertz CT molecular complexity index is 1020. The van der Waals surface area contributed by atoms with Crippen LogP contribution in [0.4, 0.5) is 11.8 Å². The van der Waals surface area contributed by atoms with Crippen LogP contribution in [-0.4, -0.2) is 75.2 Å². The largest absolute Gasteiger partial charge is 0.356 e. The predicted molar refractivity (Wildman–Crippen MR) is 110 cm³/mol. The number of amides is 1. The maximum Gasteiger partial charge on any atom is 0.263 e. The van der Waals surface area contributed by atoms with E-state index in [1.54, 1.807) is 12.4 Å². The molecular formula is C20H24N8O2. The van der Waals surface area contributed by atoms with Gasteiger partial charge in [0.25, 0.3) is 5.71 Å². The van der Waals surface area contributed by atoms with Gasteiger partial charge in [0.05, 0.1) is 5.69 Å². The Kier molecular flexibility index (Phi) is 4.89. The lowest BCUT2D eigenvalue weighted by atomic mass is 9.94. The van der Waals surface area contributed by atoms with Crippen LogP contribution in [-0.2, 0) is 4.79 Å². The molecule has 3 aromatic rings. The van der Waals surface area contributed by atoms with Gasteiger partial charge in [-0.2, -0.15) is 4.98 Å². The number of nitrogens with zero attached hydrogens (tertiary/aromatic N) is 8. The molecule has 2 fully saturated rings. The van der Waals surface area contributed by atoms with Crippen molar-refractivity contribution in [2.45, 2.75) is 19.8 Å². The first-order valence-corrected chi connectivity index (χ1v) is 10.3. The van der Waals surface area contributed by atoms with E-state index in [1.165, 1.54) is 6.33 Å². The minimum absolute atomic E-state index is 0.0571. The zero-order valence-electron chi connectivity index (χ0n) is 16.9. The molecule has 0 atom stereocenters. The third-order valence-corrected chi connectivity index (χ3v) is 5.99. The Balaban J connectivity index is 1.19. The van der Waals surface area contributed by atoms with Crippen molar-refractivity contribution in [2.75, 3.05) is 49.1 Å². The van der Waals surface area contributed by atoms with Crippen LogP contribution in [0.2, 0.25) is 0 Å². The molecule has 0 bridgehead atoms. The molecule has 156 valence electrons. The third kappa shape index (κ3) is 3.42. The fraction of sp³-hybridized carbons (Fsp3) is 0.500. The van der Waals surface area contributed by atoms with Crippen LogP contribution in [0, 0.1) is 12.8 Å². The number of rotatable bonds is 3. The van der Waals surface area contributed by atoms with Gasteiger partial charge in [-0.25, -0.2) is 15.0 Å². The zero-order valence-corrected chi connectivity index (χ0v) is 16.9. The summed E-state index contributed by atoms with van der Waals surface area (Å²) in [6, 6.07) is 1.81. The molecule has 0 aliphatic carbocycles. The summed E-state index contributed by atoms with van der Waals surface area (Å²) in [5.74, 6) is 1.90. The van der Waals surface area contributed by atoms with E-state index in [1.807, 2.05) is 17.9 Å². The molecule has 2 saturated heterocycles. The Morgan fingerprint density at radius 2 is 1.70 bits per heavy atom. The number of aromatic nitrogens is 5. The molecule has 0 N–H and O–H groups in total. The quantitative estimate of drug-likeness (QED) is 0.634. The van der Waals surface area contributed by atoms with Crippen LogP contribution in [0.3, 0.4) is 0 Å². The SMILES string of the molecule is Cc1noc2ncnc(N3CCC(C(=O)N4CCN(c5ncccn5)CC4)CC3)c12. The van der Waals surface area contributed by atoms with E-state index in [2.05, 4.69) is 34.9 Å². The fourth-order valence-electron chi connectivity index (χ4n) is 4.32. The van der Waals surface area contributed by atoms with Crippen LogP contribution < -0.4 is 9.80 Å². The highest BCUT2D eigenvalue weighted by molar-refractivity contribution is 5.88. The van der Waals surface area contributed by atoms with Gasteiger partial charge in [0.15, 0.2) is 0 Å². The lowest BCUT2D eigenvalue weighted by Gasteiger charge is -2.38. The molecule has 2 aliphatic rings. The average molecular weight is 408 g/mol. The molecule has 10 heteroatoms. The van der Waals surface area contributed by atoms with Crippen molar-refractivity contribution < 1.29 is 9.32 Å². The minimum Gasteiger partial charge on any atom is -0.356 e. The van der Waals surface area contributed by atoms with Crippen LogP contribution >= 0.6 is 0 Å². The van der Waals surface area contributed by atoms with Crippen LogP contribution in [0.1, 0.15) is 18.5 Å². The van der Waals surface area contributed by atoms with Gasteiger partial charge in [-0.15, -0.1) is 0 Å². The maximum absolute atomic E-state index is 13.1. The van der Waals surface area contributed by atoms with Crippen molar-refractivity contribution in [3.05, 3.63) is 30.5 Å². The number of hydrogen-bond donors (Lipinski definition) is 0. The highest BCUT2D eigenvalue weighted by Crippen LogP contribution is 2.30. The summed E-state index contributed by atoms with van der Waals surface area (Å²) in [7, 11) is 0. The van der Waals surface area contributed by atoms with Crippen molar-refractivity contribution in [1.82, 2.24) is 30.0 Å². The second-order valence-electron chi connectivity index (χ2n) is 7.77. The van der Waals surface area contributed by atoms with E-state index in [4.69, 9.17) is 4.52 Å². The standard InChI is InChI=1S/C20H24N8O2/c1-14-16-17(23-13-24-18(16)30-25-14)26-7-3-15(4-8-26)19(29)27-9-11-28(12-10-27)20-21-5-2-6-22-20/h2,5-6,13,15H,3-4,7-12H2,1H3. The summed E-state index contributed by atoms with van der Waals surface area (Å²) in [5.41, 5.74) is 1.30. The number of anilines is 2. The van der Waals surface area contributed by atoms with Crippen molar-refractivity contribution in [1.29, 1.82) is 0 Å². The lowest BCUT2D eigenvalue weighted by Crippen LogP contribution is -2.52. The van der Waals surface area contributed by atoms with E-state index in [0.29, 0.717) is 18.8 Å². The average Bonchev–Trinajstić information content (AvgIpc) is 3.20. The number of hydrogen-bond acceptors (Lipinski definition) is 9. The minimum atomic E-state index is 0.0571. The van der Waals surface area contributed by atoms with E-state index in [9.17, 15) is 4.79 Å². The Hall–Kier alpha value is -3.30. The van der Waals surface area contributed by atoms with E-state index >= 15 is 0 Å². The second-order valence-corrected chi connectivity index (χ2v) is 7.77. The maximum atomic E-state index is 13.1. The number of aryl methyl sites for hydroxylation is 1. The smallest absolute Gasteiger partial charge is 0.263 e. The highest BCUT2D eigenvalue weighted by atomic mass is 16.5. The first kappa shape index (κ1) is 18.7. The first-order chi connectivity index (χ1) is 14.7. The molecular weight excluding hydrogens is 384 g/mol. The molecule has 10 nitrogen and oxygen atoms in total. The van der Waals surface area contributed by atoms with Gasteiger partial charge in [0, 0.05) is 57.6 Å². The zero-order chi connectivity index (χ0) is 20.5. The number of fused-ring (bicyclic) bond motifs is 1. The van der Waals surface area contributed by atoms with Gasteiger partial charge in [0.2, 0.25) is 11.9 Å². The van der Waals surface area contributed by atoms with Crippen molar-refractivity contribution >= 4 is 28.8 Å². The fourth-order valence-corrected chi connectivity index (χ4v) is 4.32. The lowest BCUT2D eigenvalue weighted by molar-refractivity contribution is -0.136. The Labute approximate surface area is 173 Å². The monoisotopic (exact) mass is 408 g/mol. The molecule has 0 unspecified atom stereocenters. The van der Waals surface area contributed by atoms with Gasteiger partial charge < -0.3 is 19.2 Å². The van der Waals surface area contributed by atoms with E-state index in [-0.39, 0.29) is 11.8 Å². The van der Waals surface area contributed by atoms with Crippen molar-refractivity contribution in [2.24, 2.45) is 5.92 Å². The summed E-state index contributed by atoms with van der Waals surface area (Å²) in [6.07, 6.45) is 6.64. The molecule has 2 aliphatic heterocycles. The number of piperidine rings is 1. The molecule has 3 aromatic heterocycles. The summed E-state index contributed by atoms with van der Waals surface area (Å²) >= 11 is 0. The van der Waals surface area contributed by atoms with Gasteiger partial charge in [-0.3, -0.25) is 4.79 Å². The Morgan fingerprint density at radius 3 is 2.43 bits per heavy atom. The van der Waals surface area contributed by atoms with Crippen LogP contribution in [0.25, 0.3) is 11.1 Å². The number of carbonyl (C=O) groups excluding carboxylic acids is 1. The van der Waals surface area contributed by atoms with Crippen molar-refractivity contribution in [3.63, 3.8) is 0 Å². The van der Waals surface area contributed by atoms with Crippen molar-refractivity contribution in [3.8, 4) is 0 Å². The van der Waals surface area contributed by atoms with Crippen LogP contribution in [0.15, 0.2) is 29.3 Å². The normalized spacial score (nSPS) is 18.2. The summed E-state index contributed by atoms with van der Waals surface area (Å²) in [5, 5.41) is 4.87. The molecule has 5 heterocycles. The summed E-state index contributed by atoms with van der Waals surface area (Å²) in [4.78, 5) is 36.6. The predicted octanol–water partition coefficient (Wildman–Crippen LogP) is 1.28. The molecule has 0 aromatic carbocycles. The first-order valence-electron chi connectivity index (χ1n) is 10.3. The molecule has 1 amide bonds.